The van der Waals surface area contributed by atoms with E-state index in [1.807, 2.05) is 72.8 Å². The molecule has 188 valence electrons. The molecule has 1 aliphatic heterocycles. The molecule has 7 heteroatoms. The number of amides is 1. The number of para-hydroxylation sites is 1. The first-order valence-electron chi connectivity index (χ1n) is 12.7. The minimum atomic E-state index is -0.204. The van der Waals surface area contributed by atoms with Crippen LogP contribution in [0, 0.1) is 5.92 Å². The van der Waals surface area contributed by atoms with Crippen molar-refractivity contribution in [2.24, 2.45) is 5.92 Å². The molecular weight excluding hydrogens is 462 g/mol. The van der Waals surface area contributed by atoms with Crippen molar-refractivity contribution < 1.29 is 4.79 Å². The van der Waals surface area contributed by atoms with E-state index in [9.17, 15) is 9.59 Å². The second-order valence-corrected chi connectivity index (χ2v) is 9.34. The summed E-state index contributed by atoms with van der Waals surface area (Å²) in [6.45, 7) is 5.78. The van der Waals surface area contributed by atoms with Gasteiger partial charge in [0.05, 0.1) is 18.2 Å². The lowest BCUT2D eigenvalue weighted by molar-refractivity contribution is -0.118. The van der Waals surface area contributed by atoms with Crippen LogP contribution in [0.15, 0.2) is 109 Å². The van der Waals surface area contributed by atoms with Crippen LogP contribution in [-0.4, -0.2) is 33.3 Å². The molecule has 1 aliphatic rings. The number of benzene rings is 3. The summed E-state index contributed by atoms with van der Waals surface area (Å²) in [6.07, 6.45) is 5.02. The molecule has 0 aliphatic carbocycles. The molecule has 1 atom stereocenters. The molecule has 0 radical (unpaired) electrons. The number of piperidine rings is 1. The quantitative estimate of drug-likeness (QED) is 0.356. The van der Waals surface area contributed by atoms with E-state index < -0.39 is 0 Å². The van der Waals surface area contributed by atoms with Crippen molar-refractivity contribution in [1.82, 2.24) is 14.3 Å². The molecule has 1 aromatic heterocycles. The van der Waals surface area contributed by atoms with Gasteiger partial charge in [0.2, 0.25) is 5.91 Å². The third kappa shape index (κ3) is 5.40. The van der Waals surface area contributed by atoms with Crippen molar-refractivity contribution in [2.75, 3.05) is 23.3 Å². The Bertz CT molecular complexity index is 1390. The second kappa shape index (κ2) is 11.1. The summed E-state index contributed by atoms with van der Waals surface area (Å²) in [5, 5.41) is 7.26. The van der Waals surface area contributed by atoms with Crippen LogP contribution in [0.25, 0.3) is 5.69 Å². The average Bonchev–Trinajstić information content (AvgIpc) is 3.30. The van der Waals surface area contributed by atoms with Gasteiger partial charge in [0.15, 0.2) is 0 Å². The first-order chi connectivity index (χ1) is 18.1. The lowest BCUT2D eigenvalue weighted by Gasteiger charge is -2.37. The molecule has 1 unspecified atom stereocenters. The van der Waals surface area contributed by atoms with E-state index in [0.717, 1.165) is 48.6 Å². The van der Waals surface area contributed by atoms with Crippen LogP contribution in [0.4, 0.5) is 11.4 Å². The average molecular weight is 494 g/mol. The fourth-order valence-electron chi connectivity index (χ4n) is 5.12. The Morgan fingerprint density at radius 3 is 2.22 bits per heavy atom. The highest BCUT2D eigenvalue weighted by atomic mass is 16.2. The molecule has 1 amide bonds. The summed E-state index contributed by atoms with van der Waals surface area (Å²) in [5.41, 5.74) is 3.58. The topological polar surface area (TPSA) is 72.2 Å². The van der Waals surface area contributed by atoms with Crippen molar-refractivity contribution in [3.05, 3.63) is 120 Å². The summed E-state index contributed by atoms with van der Waals surface area (Å²) < 4.78 is 2.91. The summed E-state index contributed by atoms with van der Waals surface area (Å²) in [4.78, 5) is 28.3. The van der Waals surface area contributed by atoms with E-state index in [0.29, 0.717) is 6.54 Å². The van der Waals surface area contributed by atoms with Crippen molar-refractivity contribution in [2.45, 2.75) is 25.3 Å². The highest BCUT2D eigenvalue weighted by Crippen LogP contribution is 2.35. The molecule has 2 heterocycles. The zero-order chi connectivity index (χ0) is 25.6. The molecule has 37 heavy (non-hydrogen) atoms. The molecule has 7 nitrogen and oxygen atoms in total. The molecule has 1 N–H and O–H groups in total. The van der Waals surface area contributed by atoms with E-state index in [-0.39, 0.29) is 23.4 Å². The fraction of sp³-hybridized carbons (Fsp3) is 0.233. The number of carbonyl (C=O) groups is 1. The minimum absolute atomic E-state index is 0.0441. The highest BCUT2D eigenvalue weighted by Gasteiger charge is 2.33. The van der Waals surface area contributed by atoms with Gasteiger partial charge < -0.3 is 10.2 Å². The van der Waals surface area contributed by atoms with E-state index in [1.54, 1.807) is 6.08 Å². The van der Waals surface area contributed by atoms with Gasteiger partial charge in [-0.15, -0.1) is 6.58 Å². The Kier molecular flexibility index (Phi) is 7.31. The normalized spacial score (nSPS) is 14.8. The summed E-state index contributed by atoms with van der Waals surface area (Å²) in [7, 11) is 0. The molecule has 5 rings (SSSR count). The highest BCUT2D eigenvalue weighted by molar-refractivity contribution is 5.96. The largest absolute Gasteiger partial charge is 0.372 e. The number of hydrogen-bond donors (Lipinski definition) is 1. The Morgan fingerprint density at radius 1 is 0.946 bits per heavy atom. The van der Waals surface area contributed by atoms with Crippen LogP contribution in [-0.2, 0) is 11.3 Å². The van der Waals surface area contributed by atoms with Gasteiger partial charge in [0.1, 0.15) is 6.33 Å². The van der Waals surface area contributed by atoms with Crippen LogP contribution in [0.3, 0.4) is 0 Å². The maximum absolute atomic E-state index is 13.4. The summed E-state index contributed by atoms with van der Waals surface area (Å²) in [5.74, 6) is 0.0865. The van der Waals surface area contributed by atoms with Gasteiger partial charge in [-0.1, -0.05) is 54.6 Å². The zero-order valence-corrected chi connectivity index (χ0v) is 20.7. The van der Waals surface area contributed by atoms with Gasteiger partial charge in [-0.2, -0.15) is 5.10 Å². The van der Waals surface area contributed by atoms with Crippen LogP contribution in [0.5, 0.6) is 0 Å². The summed E-state index contributed by atoms with van der Waals surface area (Å²) in [6, 6.07) is 27.7. The standard InChI is InChI=1S/C30H31N5O2/c1-2-19-35-30(37)34(22-31-35)27-15-13-26(14-16-27)33-20-17-24(18-21-33)28(23-9-5-3-6-10-23)29(36)32-25-11-7-4-8-12-25/h2-16,22,24,28H,1,17-21H2,(H,32,36). The predicted octanol–water partition coefficient (Wildman–Crippen LogP) is 4.86. The van der Waals surface area contributed by atoms with Crippen molar-refractivity contribution in [3.63, 3.8) is 0 Å². The van der Waals surface area contributed by atoms with Gasteiger partial charge in [-0.05, 0) is 60.7 Å². The van der Waals surface area contributed by atoms with Crippen LogP contribution < -0.4 is 15.9 Å². The minimum Gasteiger partial charge on any atom is -0.372 e. The molecule has 4 aromatic rings. The van der Waals surface area contributed by atoms with Gasteiger partial charge >= 0.3 is 5.69 Å². The number of anilines is 2. The van der Waals surface area contributed by atoms with Gasteiger partial charge in [0.25, 0.3) is 0 Å². The molecule has 1 saturated heterocycles. The van der Waals surface area contributed by atoms with Gasteiger partial charge in [-0.3, -0.25) is 4.79 Å². The van der Waals surface area contributed by atoms with Crippen molar-refractivity contribution in [1.29, 1.82) is 0 Å². The molecule has 0 saturated carbocycles. The maximum atomic E-state index is 13.4. The van der Waals surface area contributed by atoms with Crippen LogP contribution >= 0.6 is 0 Å². The number of hydrogen-bond acceptors (Lipinski definition) is 4. The smallest absolute Gasteiger partial charge is 0.350 e. The number of rotatable bonds is 8. The first-order valence-corrected chi connectivity index (χ1v) is 12.7. The predicted molar refractivity (Wildman–Crippen MR) is 147 cm³/mol. The van der Waals surface area contributed by atoms with Gasteiger partial charge in [0, 0.05) is 24.5 Å². The van der Waals surface area contributed by atoms with E-state index in [4.69, 9.17) is 0 Å². The summed E-state index contributed by atoms with van der Waals surface area (Å²) >= 11 is 0. The molecule has 0 bridgehead atoms. The maximum Gasteiger partial charge on any atom is 0.350 e. The second-order valence-electron chi connectivity index (χ2n) is 9.34. The fourth-order valence-corrected chi connectivity index (χ4v) is 5.12. The lowest BCUT2D eigenvalue weighted by Crippen LogP contribution is -2.38. The molecular formula is C30H31N5O2. The molecule has 3 aromatic carbocycles. The van der Waals surface area contributed by atoms with Crippen LogP contribution in [0.1, 0.15) is 24.3 Å². The van der Waals surface area contributed by atoms with Crippen molar-refractivity contribution in [3.8, 4) is 5.69 Å². The van der Waals surface area contributed by atoms with E-state index in [2.05, 4.69) is 34.0 Å². The van der Waals surface area contributed by atoms with Crippen molar-refractivity contribution >= 4 is 17.3 Å². The third-order valence-electron chi connectivity index (χ3n) is 7.02. The Hall–Kier alpha value is -4.39. The van der Waals surface area contributed by atoms with E-state index >= 15 is 0 Å². The Labute approximate surface area is 216 Å². The van der Waals surface area contributed by atoms with Gasteiger partial charge in [-0.25, -0.2) is 14.0 Å². The zero-order valence-electron chi connectivity index (χ0n) is 20.7. The SMILES string of the molecule is C=CCn1ncn(-c2ccc(N3CCC(C(C(=O)Nc4ccccc4)c4ccccc4)CC3)cc2)c1=O. The third-order valence-corrected chi connectivity index (χ3v) is 7.02. The monoisotopic (exact) mass is 493 g/mol. The number of nitrogens with one attached hydrogen (secondary N) is 1. The van der Waals surface area contributed by atoms with Crippen LogP contribution in [0.2, 0.25) is 0 Å². The Balaban J connectivity index is 1.28. The number of aromatic nitrogens is 3. The Morgan fingerprint density at radius 2 is 1.57 bits per heavy atom. The molecule has 1 fully saturated rings. The first kappa shape index (κ1) is 24.3. The van der Waals surface area contributed by atoms with E-state index in [1.165, 1.54) is 15.6 Å². The number of carbonyl (C=O) groups excluding carboxylic acids is 1. The number of nitrogens with zero attached hydrogens (tertiary/aromatic N) is 4. The lowest BCUT2D eigenvalue weighted by atomic mass is 9.79. The molecule has 0 spiro atoms. The number of allylic oxidation sites excluding steroid dienone is 1.